The first kappa shape index (κ1) is 41.6. The topological polar surface area (TPSA) is 239 Å². The fourth-order valence-electron chi connectivity index (χ4n) is 7.26. The molecule has 2 aliphatic heterocycles. The van der Waals surface area contributed by atoms with Gasteiger partial charge < -0.3 is 10.0 Å². The Kier molecular flexibility index (Phi) is 11.5. The first-order valence-corrected chi connectivity index (χ1v) is 20.3. The Morgan fingerprint density at radius 2 is 1.38 bits per heavy atom. The number of benzene rings is 3. The zero-order chi connectivity index (χ0) is 41.4. The highest BCUT2D eigenvalue weighted by molar-refractivity contribution is 7.86. The normalized spacial score (nSPS) is 16.9. The van der Waals surface area contributed by atoms with E-state index in [0.29, 0.717) is 48.3 Å². The highest BCUT2D eigenvalue weighted by Crippen LogP contribution is 2.49. The predicted molar refractivity (Wildman–Crippen MR) is 207 cm³/mol. The van der Waals surface area contributed by atoms with Crippen LogP contribution in [0.3, 0.4) is 0 Å². The van der Waals surface area contributed by atoms with E-state index < -0.39 is 58.3 Å². The number of rotatable bonds is 15. The summed E-state index contributed by atoms with van der Waals surface area (Å²) >= 11 is 0. The van der Waals surface area contributed by atoms with Crippen molar-refractivity contribution < 1.29 is 50.3 Å². The summed E-state index contributed by atoms with van der Waals surface area (Å²) in [6.45, 7) is 7.95. The van der Waals surface area contributed by atoms with Crippen LogP contribution >= 0.6 is 0 Å². The number of non-ortho nitro benzene ring substituents is 2. The lowest BCUT2D eigenvalue weighted by atomic mass is 9.81. The number of nitro groups is 2. The van der Waals surface area contributed by atoms with Crippen LogP contribution in [0.2, 0.25) is 0 Å². The number of carboxylic acids is 1. The highest BCUT2D eigenvalue weighted by Gasteiger charge is 2.45. The van der Waals surface area contributed by atoms with Crippen molar-refractivity contribution in [2.75, 3.05) is 11.4 Å². The van der Waals surface area contributed by atoms with Crippen molar-refractivity contribution in [3.8, 4) is 0 Å². The SMILES string of the molecule is CC1(C)C(/C=C/C=C/C=C2\N(CCCCCC(=O)O)c3ccc(S(=O)(=O)O)cc3C2(C)C)=[N+](Cc2cc([N+](=O)[O-])cc([N+](=O)[O-])c2)c2ccc(S(=O)(=O)O)cc21. The third-order valence-electron chi connectivity index (χ3n) is 10.0. The minimum absolute atomic E-state index is 0.0444. The fourth-order valence-corrected chi connectivity index (χ4v) is 8.28. The van der Waals surface area contributed by atoms with Gasteiger partial charge in [-0.1, -0.05) is 38.5 Å². The van der Waals surface area contributed by atoms with Crippen molar-refractivity contribution in [1.29, 1.82) is 0 Å². The smallest absolute Gasteiger partial charge is 0.303 e. The van der Waals surface area contributed by atoms with Crippen molar-refractivity contribution in [1.82, 2.24) is 0 Å². The van der Waals surface area contributed by atoms with Gasteiger partial charge in [-0.15, -0.1) is 0 Å². The molecule has 3 aromatic carbocycles. The Labute approximate surface area is 323 Å². The number of hydrogen-bond acceptors (Lipinski definition) is 10. The molecule has 56 heavy (non-hydrogen) atoms. The number of carboxylic acid groups (broad SMARTS) is 1. The third-order valence-corrected chi connectivity index (χ3v) is 11.7. The summed E-state index contributed by atoms with van der Waals surface area (Å²) in [5.74, 6) is -0.879. The fraction of sp³-hybridized carbons (Fsp3) is 0.316. The van der Waals surface area contributed by atoms with Crippen LogP contribution in [0.4, 0.5) is 22.7 Å². The maximum absolute atomic E-state index is 12.1. The van der Waals surface area contributed by atoms with Crippen LogP contribution in [0.25, 0.3) is 0 Å². The Hall–Kier alpha value is -5.56. The van der Waals surface area contributed by atoms with E-state index in [-0.39, 0.29) is 28.3 Å². The average Bonchev–Trinajstić information content (AvgIpc) is 3.44. The molecule has 0 saturated carbocycles. The molecular formula is C38H41N4O12S2+. The number of anilines is 1. The van der Waals surface area contributed by atoms with Gasteiger partial charge in [-0.2, -0.15) is 21.4 Å². The zero-order valence-electron chi connectivity index (χ0n) is 30.9. The summed E-state index contributed by atoms with van der Waals surface area (Å²) in [7, 11) is -9.05. The monoisotopic (exact) mass is 809 g/mol. The molecule has 0 atom stereocenters. The number of unbranched alkanes of at least 4 members (excludes halogenated alkanes) is 2. The van der Waals surface area contributed by atoms with Crippen molar-refractivity contribution in [2.24, 2.45) is 0 Å². The van der Waals surface area contributed by atoms with E-state index in [9.17, 15) is 51.0 Å². The molecule has 2 heterocycles. The molecule has 16 nitrogen and oxygen atoms in total. The highest BCUT2D eigenvalue weighted by atomic mass is 32.2. The van der Waals surface area contributed by atoms with Crippen molar-refractivity contribution in [3.05, 3.63) is 128 Å². The van der Waals surface area contributed by atoms with Gasteiger partial charge in [0.25, 0.3) is 31.6 Å². The van der Waals surface area contributed by atoms with Crippen LogP contribution in [0.15, 0.2) is 100 Å². The molecule has 0 aromatic heterocycles. The van der Waals surface area contributed by atoms with Gasteiger partial charge in [0.2, 0.25) is 5.69 Å². The van der Waals surface area contributed by atoms with E-state index in [1.54, 1.807) is 34.9 Å². The predicted octanol–water partition coefficient (Wildman–Crippen LogP) is 7.01. The average molecular weight is 810 g/mol. The number of aliphatic carboxylic acids is 1. The summed E-state index contributed by atoms with van der Waals surface area (Å²) in [6, 6.07) is 11.8. The maximum atomic E-state index is 12.1. The van der Waals surface area contributed by atoms with Crippen LogP contribution in [-0.2, 0) is 42.4 Å². The van der Waals surface area contributed by atoms with E-state index in [0.717, 1.165) is 17.5 Å². The van der Waals surface area contributed by atoms with Crippen LogP contribution < -0.4 is 4.90 Å². The molecule has 0 saturated heterocycles. The first-order chi connectivity index (χ1) is 26.0. The number of hydrogen-bond donors (Lipinski definition) is 3. The number of nitrogens with zero attached hydrogens (tertiary/aromatic N) is 4. The van der Waals surface area contributed by atoms with Gasteiger partial charge in [0.15, 0.2) is 12.3 Å². The lowest BCUT2D eigenvalue weighted by Crippen LogP contribution is -2.27. The molecule has 2 aliphatic rings. The largest absolute Gasteiger partial charge is 0.481 e. The van der Waals surface area contributed by atoms with Gasteiger partial charge in [-0.05, 0) is 68.7 Å². The molecule has 5 rings (SSSR count). The Balaban J connectivity index is 1.54. The van der Waals surface area contributed by atoms with Gasteiger partial charge in [-0.25, -0.2) is 0 Å². The maximum Gasteiger partial charge on any atom is 0.303 e. The summed E-state index contributed by atoms with van der Waals surface area (Å²) in [5.41, 5.74) is 1.61. The van der Waals surface area contributed by atoms with Crippen molar-refractivity contribution in [3.63, 3.8) is 0 Å². The van der Waals surface area contributed by atoms with E-state index in [2.05, 4.69) is 0 Å². The number of fused-ring (bicyclic) bond motifs is 2. The van der Waals surface area contributed by atoms with Crippen LogP contribution in [0, 0.1) is 20.2 Å². The molecule has 0 unspecified atom stereocenters. The molecule has 0 fully saturated rings. The van der Waals surface area contributed by atoms with E-state index in [4.69, 9.17) is 5.11 Å². The molecule has 3 N–H and O–H groups in total. The molecule has 18 heteroatoms. The van der Waals surface area contributed by atoms with Gasteiger partial charge in [0, 0.05) is 65.2 Å². The van der Waals surface area contributed by atoms with Crippen molar-refractivity contribution >= 4 is 54.7 Å². The molecular weight excluding hydrogens is 769 g/mol. The zero-order valence-corrected chi connectivity index (χ0v) is 32.6. The lowest BCUT2D eigenvalue weighted by molar-refractivity contribution is -0.455. The second-order valence-corrected chi connectivity index (χ2v) is 17.4. The second-order valence-electron chi connectivity index (χ2n) is 14.6. The number of nitro benzene ring substituents is 2. The van der Waals surface area contributed by atoms with Crippen LogP contribution in [0.5, 0.6) is 0 Å². The molecule has 0 aliphatic carbocycles. The third kappa shape index (κ3) is 8.62. The first-order valence-electron chi connectivity index (χ1n) is 17.4. The Morgan fingerprint density at radius 3 is 1.95 bits per heavy atom. The molecule has 0 spiro atoms. The van der Waals surface area contributed by atoms with Crippen LogP contribution in [-0.4, -0.2) is 63.7 Å². The number of carbonyl (C=O) groups is 1. The molecule has 3 aromatic rings. The van der Waals surface area contributed by atoms with Crippen LogP contribution in [0.1, 0.15) is 70.1 Å². The lowest BCUT2D eigenvalue weighted by Gasteiger charge is -2.27. The molecule has 0 bridgehead atoms. The minimum atomic E-state index is -4.57. The van der Waals surface area contributed by atoms with Gasteiger partial charge in [-0.3, -0.25) is 34.1 Å². The Morgan fingerprint density at radius 1 is 0.786 bits per heavy atom. The molecule has 0 radical (unpaired) electrons. The van der Waals surface area contributed by atoms with Gasteiger partial charge in [0.1, 0.15) is 0 Å². The van der Waals surface area contributed by atoms with E-state index >= 15 is 0 Å². The summed E-state index contributed by atoms with van der Waals surface area (Å²) in [5, 5.41) is 32.3. The summed E-state index contributed by atoms with van der Waals surface area (Å²) < 4.78 is 69.5. The van der Waals surface area contributed by atoms with E-state index in [1.807, 2.05) is 38.7 Å². The number of allylic oxidation sites excluding steroid dienone is 6. The standard InChI is InChI=1S/C38H40N4O12S2/c1-37(2)30-22-28(55(49,50)51)14-16-32(30)39(18-10-6-9-13-36(43)44)34(37)11-7-5-8-12-35-38(3,4)31-23-29(56(52,53)54)15-17-33(31)40(35)24-25-19-26(41(45)46)21-27(20-25)42(47)48/h5,7-8,11-12,14-17,19-23H,6,9-10,13,18,24H2,1-4H3,(H2-,43,44,49,50,51,52,53,54)/p+1. The quantitative estimate of drug-likeness (QED) is 0.0350. The summed E-state index contributed by atoms with van der Waals surface area (Å²) in [4.78, 5) is 34.3. The summed E-state index contributed by atoms with van der Waals surface area (Å²) in [6.07, 6.45) is 10.7. The minimum Gasteiger partial charge on any atom is -0.481 e. The van der Waals surface area contributed by atoms with Crippen molar-refractivity contribution in [2.45, 2.75) is 80.5 Å². The van der Waals surface area contributed by atoms with Gasteiger partial charge >= 0.3 is 5.97 Å². The second kappa shape index (κ2) is 15.5. The van der Waals surface area contributed by atoms with Gasteiger partial charge in [0.05, 0.1) is 31.1 Å². The van der Waals surface area contributed by atoms with E-state index in [1.165, 1.54) is 42.5 Å². The molecule has 296 valence electrons. The Bertz CT molecular complexity index is 2450. The molecule has 0 amide bonds.